The second-order valence-electron chi connectivity index (χ2n) is 4.20. The number of nitrogens with zero attached hydrogens (tertiary/aromatic N) is 1. The number of halogens is 2. The van der Waals surface area contributed by atoms with Crippen molar-refractivity contribution in [3.63, 3.8) is 0 Å². The summed E-state index contributed by atoms with van der Waals surface area (Å²) in [4.78, 5) is 23.2. The van der Waals surface area contributed by atoms with E-state index in [2.05, 4.69) is 21.2 Å². The summed E-state index contributed by atoms with van der Waals surface area (Å²) in [6, 6.07) is 6.67. The SMILES string of the molecule is O=C(COC(=O)c1cc[n+]([O-])cc1)Nc1ccc(Br)cc1F. The zero-order chi connectivity index (χ0) is 16.1. The van der Waals surface area contributed by atoms with Gasteiger partial charge in [-0.25, -0.2) is 9.18 Å². The third-order valence-corrected chi connectivity index (χ3v) is 3.07. The maximum Gasteiger partial charge on any atom is 0.339 e. The molecule has 2 rings (SSSR count). The maximum absolute atomic E-state index is 13.5. The molecule has 114 valence electrons. The molecule has 0 aliphatic rings. The Balaban J connectivity index is 1.89. The monoisotopic (exact) mass is 368 g/mol. The molecule has 0 unspecified atom stereocenters. The Bertz CT molecular complexity index is 706. The van der Waals surface area contributed by atoms with Crippen LogP contribution in [0.15, 0.2) is 47.2 Å². The number of nitrogens with one attached hydrogen (secondary N) is 1. The first-order chi connectivity index (χ1) is 10.5. The van der Waals surface area contributed by atoms with Gasteiger partial charge in [0.15, 0.2) is 19.0 Å². The van der Waals surface area contributed by atoms with Crippen molar-refractivity contribution in [2.75, 3.05) is 11.9 Å². The molecule has 8 heteroatoms. The first-order valence-electron chi connectivity index (χ1n) is 6.06. The number of amides is 1. The van der Waals surface area contributed by atoms with E-state index in [1.807, 2.05) is 0 Å². The van der Waals surface area contributed by atoms with Crippen LogP contribution in [0.2, 0.25) is 0 Å². The number of benzene rings is 1. The Labute approximate surface area is 133 Å². The van der Waals surface area contributed by atoms with E-state index >= 15 is 0 Å². The Hall–Kier alpha value is -2.48. The molecule has 1 heterocycles. The summed E-state index contributed by atoms with van der Waals surface area (Å²) in [6.45, 7) is -0.569. The van der Waals surface area contributed by atoms with Crippen molar-refractivity contribution in [2.45, 2.75) is 0 Å². The Morgan fingerprint density at radius 2 is 1.95 bits per heavy atom. The van der Waals surface area contributed by atoms with E-state index in [1.54, 1.807) is 6.07 Å². The lowest BCUT2D eigenvalue weighted by atomic mass is 10.3. The summed E-state index contributed by atoms with van der Waals surface area (Å²) in [5, 5.41) is 13.1. The van der Waals surface area contributed by atoms with Gasteiger partial charge in [0, 0.05) is 16.6 Å². The van der Waals surface area contributed by atoms with Crippen LogP contribution in [0, 0.1) is 11.0 Å². The number of aromatic nitrogens is 1. The number of pyridine rings is 1. The number of ether oxygens (including phenoxy) is 1. The van der Waals surface area contributed by atoms with Crippen molar-refractivity contribution in [2.24, 2.45) is 0 Å². The fourth-order valence-electron chi connectivity index (χ4n) is 1.54. The minimum absolute atomic E-state index is 0.0173. The van der Waals surface area contributed by atoms with E-state index in [1.165, 1.54) is 24.3 Å². The molecule has 0 aliphatic heterocycles. The van der Waals surface area contributed by atoms with E-state index < -0.39 is 24.3 Å². The molecule has 0 aliphatic carbocycles. The smallest absolute Gasteiger partial charge is 0.339 e. The molecule has 1 aromatic heterocycles. The molecule has 0 radical (unpaired) electrons. The van der Waals surface area contributed by atoms with Gasteiger partial charge in [0.1, 0.15) is 5.82 Å². The molecule has 1 amide bonds. The minimum atomic E-state index is -0.757. The van der Waals surface area contributed by atoms with E-state index in [4.69, 9.17) is 4.74 Å². The number of rotatable bonds is 4. The Morgan fingerprint density at radius 3 is 2.59 bits per heavy atom. The number of anilines is 1. The van der Waals surface area contributed by atoms with Gasteiger partial charge in [-0.15, -0.1) is 0 Å². The third kappa shape index (κ3) is 4.26. The van der Waals surface area contributed by atoms with Gasteiger partial charge < -0.3 is 15.3 Å². The van der Waals surface area contributed by atoms with E-state index in [-0.39, 0.29) is 11.3 Å². The van der Waals surface area contributed by atoms with Crippen molar-refractivity contribution in [1.82, 2.24) is 0 Å². The Morgan fingerprint density at radius 1 is 1.27 bits per heavy atom. The first-order valence-corrected chi connectivity index (χ1v) is 6.86. The molecule has 2 aromatic rings. The lowest BCUT2D eigenvalue weighted by molar-refractivity contribution is -0.605. The van der Waals surface area contributed by atoms with Gasteiger partial charge in [0.25, 0.3) is 5.91 Å². The number of carbonyl (C=O) groups is 2. The molecule has 1 N–H and O–H groups in total. The molecule has 0 saturated carbocycles. The molecule has 22 heavy (non-hydrogen) atoms. The van der Waals surface area contributed by atoms with E-state index in [0.29, 0.717) is 9.20 Å². The molecular formula is C14H10BrFN2O4. The molecule has 6 nitrogen and oxygen atoms in total. The van der Waals surface area contributed by atoms with Gasteiger partial charge in [-0.3, -0.25) is 4.79 Å². The second kappa shape index (κ2) is 6.99. The van der Waals surface area contributed by atoms with Crippen LogP contribution in [-0.2, 0) is 9.53 Å². The lowest BCUT2D eigenvalue weighted by Gasteiger charge is -2.07. The maximum atomic E-state index is 13.5. The first kappa shape index (κ1) is 15.9. The molecular weight excluding hydrogens is 359 g/mol. The van der Waals surface area contributed by atoms with Gasteiger partial charge in [0.2, 0.25) is 0 Å². The van der Waals surface area contributed by atoms with E-state index in [9.17, 15) is 19.2 Å². The summed E-state index contributed by atoms with van der Waals surface area (Å²) in [7, 11) is 0. The van der Waals surface area contributed by atoms with Crippen LogP contribution in [-0.4, -0.2) is 18.5 Å². The summed E-state index contributed by atoms with van der Waals surface area (Å²) < 4.78 is 19.3. The fraction of sp³-hybridized carbons (Fsp3) is 0.0714. The molecule has 0 atom stereocenters. The molecule has 0 saturated heterocycles. The lowest BCUT2D eigenvalue weighted by Crippen LogP contribution is -2.25. The second-order valence-corrected chi connectivity index (χ2v) is 5.11. The van der Waals surface area contributed by atoms with Crippen molar-refractivity contribution in [3.05, 3.63) is 63.8 Å². The Kier molecular flexibility index (Phi) is 5.05. The summed E-state index contributed by atoms with van der Waals surface area (Å²) in [6.07, 6.45) is 2.27. The summed E-state index contributed by atoms with van der Waals surface area (Å²) in [5.74, 6) is -2.05. The highest BCUT2D eigenvalue weighted by atomic mass is 79.9. The van der Waals surface area contributed by atoms with Crippen LogP contribution in [0.5, 0.6) is 0 Å². The van der Waals surface area contributed by atoms with E-state index in [0.717, 1.165) is 12.4 Å². The van der Waals surface area contributed by atoms with Crippen LogP contribution in [0.4, 0.5) is 10.1 Å². The highest BCUT2D eigenvalue weighted by Gasteiger charge is 2.12. The predicted molar refractivity (Wildman–Crippen MR) is 78.4 cm³/mol. The standard InChI is InChI=1S/C14H10BrFN2O4/c15-10-1-2-12(11(16)7-10)17-13(19)8-22-14(20)9-3-5-18(21)6-4-9/h1-7H,8H2,(H,17,19). The van der Waals surface area contributed by atoms with Crippen LogP contribution >= 0.6 is 15.9 Å². The minimum Gasteiger partial charge on any atom is -0.619 e. The van der Waals surface area contributed by atoms with Crippen LogP contribution in [0.25, 0.3) is 0 Å². The van der Waals surface area contributed by atoms with Gasteiger partial charge in [0.05, 0.1) is 11.3 Å². The largest absolute Gasteiger partial charge is 0.619 e. The molecule has 1 aromatic carbocycles. The van der Waals surface area contributed by atoms with Crippen molar-refractivity contribution in [3.8, 4) is 0 Å². The van der Waals surface area contributed by atoms with Crippen molar-refractivity contribution < 1.29 is 23.4 Å². The average Bonchev–Trinajstić information content (AvgIpc) is 2.48. The van der Waals surface area contributed by atoms with Gasteiger partial charge in [-0.2, -0.15) is 4.73 Å². The highest BCUT2D eigenvalue weighted by Crippen LogP contribution is 2.19. The quantitative estimate of drug-likeness (QED) is 0.508. The van der Waals surface area contributed by atoms with Crippen LogP contribution in [0.1, 0.15) is 10.4 Å². The average molecular weight is 369 g/mol. The highest BCUT2D eigenvalue weighted by molar-refractivity contribution is 9.10. The summed E-state index contributed by atoms with van der Waals surface area (Å²) in [5.41, 5.74) is 0.117. The van der Waals surface area contributed by atoms with Crippen molar-refractivity contribution in [1.29, 1.82) is 0 Å². The summed E-state index contributed by atoms with van der Waals surface area (Å²) >= 11 is 3.10. The molecule has 0 bridgehead atoms. The predicted octanol–water partition coefficient (Wildman–Crippen LogP) is 2.02. The topological polar surface area (TPSA) is 82.3 Å². The van der Waals surface area contributed by atoms with Crippen LogP contribution < -0.4 is 10.0 Å². The van der Waals surface area contributed by atoms with Crippen LogP contribution in [0.3, 0.4) is 0 Å². The normalized spacial score (nSPS) is 10.1. The van der Waals surface area contributed by atoms with Gasteiger partial charge >= 0.3 is 5.97 Å². The number of hydrogen-bond donors (Lipinski definition) is 1. The fourth-order valence-corrected chi connectivity index (χ4v) is 1.87. The van der Waals surface area contributed by atoms with Crippen molar-refractivity contribution >= 4 is 33.5 Å². The van der Waals surface area contributed by atoms with Gasteiger partial charge in [-0.05, 0) is 18.2 Å². The van der Waals surface area contributed by atoms with Gasteiger partial charge in [-0.1, -0.05) is 15.9 Å². The number of hydrogen-bond acceptors (Lipinski definition) is 4. The zero-order valence-electron chi connectivity index (χ0n) is 11.1. The molecule has 0 spiro atoms. The molecule has 0 fully saturated rings. The zero-order valence-corrected chi connectivity index (χ0v) is 12.7. The number of carbonyl (C=O) groups excluding carboxylic acids is 2. The number of esters is 1. The third-order valence-electron chi connectivity index (χ3n) is 2.58.